The number of nitrogens with zero attached hydrogens (tertiary/aromatic N) is 1. The molecule has 5 unspecified atom stereocenters. The van der Waals surface area contributed by atoms with E-state index < -0.39 is 65.9 Å². The molecule has 0 saturated carbocycles. The molecule has 2 aliphatic rings. The first kappa shape index (κ1) is 34.5. The van der Waals surface area contributed by atoms with Crippen molar-refractivity contribution in [3.8, 4) is 11.5 Å². The second kappa shape index (κ2) is 12.6. The Morgan fingerprint density at radius 1 is 0.809 bits per heavy atom. The molecular weight excluding hydrogens is 628 g/mol. The summed E-state index contributed by atoms with van der Waals surface area (Å²) in [6.45, 7) is 4.78. The van der Waals surface area contributed by atoms with E-state index >= 15 is 26.3 Å². The van der Waals surface area contributed by atoms with Crippen molar-refractivity contribution >= 4 is 5.69 Å². The van der Waals surface area contributed by atoms with E-state index in [0.717, 1.165) is 22.6 Å². The molecule has 3 aromatic rings. The van der Waals surface area contributed by atoms with Gasteiger partial charge in [-0.25, -0.2) is 0 Å². The Labute approximate surface area is 267 Å². The number of fused-ring (bicyclic) bond motifs is 1. The maximum atomic E-state index is 15.1. The van der Waals surface area contributed by atoms with Crippen LogP contribution in [0.2, 0.25) is 0 Å². The minimum atomic E-state index is -5.90. The van der Waals surface area contributed by atoms with Crippen LogP contribution in [0, 0.1) is 12.8 Å². The lowest BCUT2D eigenvalue weighted by molar-refractivity contribution is -0.291. The fourth-order valence-electron chi connectivity index (χ4n) is 6.56. The number of allylic oxidation sites excluding steroid dienone is 3. The maximum Gasteiger partial charge on any atom is 0.410 e. The van der Waals surface area contributed by atoms with Crippen molar-refractivity contribution in [3.05, 3.63) is 112 Å². The third kappa shape index (κ3) is 6.03. The summed E-state index contributed by atoms with van der Waals surface area (Å²) < 4.78 is 96.2. The number of halogens is 6. The number of alkyl halides is 6. The van der Waals surface area contributed by atoms with Crippen molar-refractivity contribution in [2.75, 3.05) is 4.90 Å². The van der Waals surface area contributed by atoms with Crippen LogP contribution in [-0.2, 0) is 5.41 Å². The fraction of sp³-hybridized carbons (Fsp3) is 0.371. The van der Waals surface area contributed by atoms with Crippen molar-refractivity contribution in [3.63, 3.8) is 0 Å². The molecule has 252 valence electrons. The van der Waals surface area contributed by atoms with E-state index in [1.165, 1.54) is 26.0 Å². The maximum absolute atomic E-state index is 15.1. The minimum absolute atomic E-state index is 0.0326. The lowest BCUT2D eigenvalue weighted by Gasteiger charge is -2.43. The number of aliphatic hydroxyl groups excluding tert-OH is 4. The second-order valence-corrected chi connectivity index (χ2v) is 12.0. The number of benzene rings is 3. The monoisotopic (exact) mass is 663 g/mol. The summed E-state index contributed by atoms with van der Waals surface area (Å²) in [5.74, 6) is -0.219. The van der Waals surface area contributed by atoms with Crippen LogP contribution in [0.4, 0.5) is 32.0 Å². The predicted octanol–water partition coefficient (Wildman–Crippen LogP) is 7.68. The molecule has 0 aromatic heterocycles. The number of ether oxygens (including phenoxy) is 1. The summed E-state index contributed by atoms with van der Waals surface area (Å²) in [6.07, 6.45) is -16.8. The second-order valence-electron chi connectivity index (χ2n) is 12.0. The van der Waals surface area contributed by atoms with Gasteiger partial charge in [-0.1, -0.05) is 48.9 Å². The molecule has 4 N–H and O–H groups in total. The first-order valence-corrected chi connectivity index (χ1v) is 15.0. The number of rotatable bonds is 8. The van der Waals surface area contributed by atoms with Crippen LogP contribution in [0.5, 0.6) is 11.5 Å². The Hall–Kier alpha value is -3.84. The number of hydrogen-bond donors (Lipinski definition) is 4. The van der Waals surface area contributed by atoms with Crippen LogP contribution in [0.3, 0.4) is 0 Å². The highest BCUT2D eigenvalue weighted by atomic mass is 19.4. The molecule has 0 amide bonds. The standard InChI is InChI=1S/C35H35F6NO5/c1-4-30(44)28-17-21(7-15-26(28)20(3)43)33(34(36,37)38,35(39,40)41)22-8-16-27-29(18-22)32(46)42(31(27)45)23-9-13-25(14-10-23)47-24-11-5-19(2)6-12-24/h5-16,18,20,28,30-32,43-46H,4,17H2,1-3H3. The average molecular weight is 664 g/mol. The summed E-state index contributed by atoms with van der Waals surface area (Å²) in [6, 6.07) is 15.6. The molecule has 0 fully saturated rings. The molecule has 6 nitrogen and oxygen atoms in total. The van der Waals surface area contributed by atoms with Crippen molar-refractivity contribution in [1.29, 1.82) is 0 Å². The average Bonchev–Trinajstić information content (AvgIpc) is 3.25. The van der Waals surface area contributed by atoms with Gasteiger partial charge < -0.3 is 30.1 Å². The van der Waals surface area contributed by atoms with E-state index in [1.54, 1.807) is 24.3 Å². The van der Waals surface area contributed by atoms with Gasteiger partial charge in [0.1, 0.15) is 11.5 Å². The topological polar surface area (TPSA) is 93.4 Å². The van der Waals surface area contributed by atoms with E-state index in [2.05, 4.69) is 0 Å². The van der Waals surface area contributed by atoms with Gasteiger partial charge in [-0.2, -0.15) is 26.3 Å². The zero-order valence-corrected chi connectivity index (χ0v) is 25.7. The Morgan fingerprint density at radius 2 is 1.36 bits per heavy atom. The molecule has 0 bridgehead atoms. The number of aryl methyl sites for hydroxylation is 1. The highest BCUT2D eigenvalue weighted by Gasteiger charge is 2.73. The summed E-state index contributed by atoms with van der Waals surface area (Å²) in [7, 11) is 0. The highest BCUT2D eigenvalue weighted by Crippen LogP contribution is 2.59. The largest absolute Gasteiger partial charge is 0.457 e. The Morgan fingerprint density at radius 3 is 1.89 bits per heavy atom. The van der Waals surface area contributed by atoms with Gasteiger partial charge in [0.15, 0.2) is 12.5 Å². The van der Waals surface area contributed by atoms with Gasteiger partial charge in [-0.05, 0) is 85.9 Å². The van der Waals surface area contributed by atoms with Crippen LogP contribution >= 0.6 is 0 Å². The fourth-order valence-corrected chi connectivity index (χ4v) is 6.56. The van der Waals surface area contributed by atoms with Crippen LogP contribution in [0.1, 0.15) is 61.4 Å². The minimum Gasteiger partial charge on any atom is -0.457 e. The van der Waals surface area contributed by atoms with Crippen molar-refractivity contribution < 1.29 is 51.5 Å². The number of anilines is 1. The molecule has 5 rings (SSSR count). The van der Waals surface area contributed by atoms with Crippen molar-refractivity contribution in [2.24, 2.45) is 5.92 Å². The molecule has 0 spiro atoms. The summed E-state index contributed by atoms with van der Waals surface area (Å²) in [4.78, 5) is 1.07. The van der Waals surface area contributed by atoms with Gasteiger partial charge in [0.2, 0.25) is 5.41 Å². The highest BCUT2D eigenvalue weighted by molar-refractivity contribution is 5.59. The van der Waals surface area contributed by atoms with Crippen molar-refractivity contribution in [1.82, 2.24) is 0 Å². The van der Waals surface area contributed by atoms with Gasteiger partial charge in [0.25, 0.3) is 0 Å². The molecule has 5 atom stereocenters. The third-order valence-electron chi connectivity index (χ3n) is 9.04. The predicted molar refractivity (Wildman–Crippen MR) is 163 cm³/mol. The van der Waals surface area contributed by atoms with E-state index in [-0.39, 0.29) is 28.8 Å². The summed E-state index contributed by atoms with van der Waals surface area (Å²) >= 11 is 0. The molecule has 47 heavy (non-hydrogen) atoms. The first-order valence-electron chi connectivity index (χ1n) is 15.0. The molecule has 3 aromatic carbocycles. The lowest BCUT2D eigenvalue weighted by Crippen LogP contribution is -2.56. The third-order valence-corrected chi connectivity index (χ3v) is 9.04. The van der Waals surface area contributed by atoms with Gasteiger partial charge >= 0.3 is 12.4 Å². The van der Waals surface area contributed by atoms with Gasteiger partial charge in [0, 0.05) is 22.7 Å². The lowest BCUT2D eigenvalue weighted by atomic mass is 9.66. The molecule has 1 aliphatic heterocycles. The molecule has 0 saturated heterocycles. The first-order chi connectivity index (χ1) is 22.0. The van der Waals surface area contributed by atoms with Crippen LogP contribution in [-0.4, -0.2) is 45.0 Å². The van der Waals surface area contributed by atoms with E-state index in [1.807, 2.05) is 19.1 Å². The quantitative estimate of drug-likeness (QED) is 0.185. The van der Waals surface area contributed by atoms with Crippen LogP contribution < -0.4 is 9.64 Å². The summed E-state index contributed by atoms with van der Waals surface area (Å²) in [5, 5.41) is 43.1. The smallest absolute Gasteiger partial charge is 0.410 e. The SMILES string of the molecule is CCC(O)C1CC(C(c2ccc3c(c2)C(O)N(c2ccc(Oc4ccc(C)cc4)cc2)C3O)(C(F)(F)F)C(F)(F)F)=CC=C1C(C)O. The van der Waals surface area contributed by atoms with Gasteiger partial charge in [0.05, 0.1) is 12.2 Å². The van der Waals surface area contributed by atoms with Crippen LogP contribution in [0.25, 0.3) is 0 Å². The van der Waals surface area contributed by atoms with Crippen LogP contribution in [0.15, 0.2) is 90.0 Å². The van der Waals surface area contributed by atoms with Gasteiger partial charge in [-0.15, -0.1) is 0 Å². The summed E-state index contributed by atoms with van der Waals surface area (Å²) in [5.41, 5.74) is -5.77. The number of aliphatic hydroxyl groups is 4. The van der Waals surface area contributed by atoms with E-state index in [9.17, 15) is 20.4 Å². The Bertz CT molecular complexity index is 1630. The Balaban J connectivity index is 1.55. The molecule has 1 heterocycles. The molecular formula is C35H35F6NO5. The van der Waals surface area contributed by atoms with E-state index in [4.69, 9.17) is 4.74 Å². The normalized spacial score (nSPS) is 21.6. The Kier molecular flexibility index (Phi) is 9.28. The number of hydrogen-bond acceptors (Lipinski definition) is 6. The molecule has 12 heteroatoms. The molecule has 1 aliphatic carbocycles. The zero-order valence-electron chi connectivity index (χ0n) is 25.7. The molecule has 0 radical (unpaired) electrons. The van der Waals surface area contributed by atoms with Gasteiger partial charge in [-0.3, -0.25) is 0 Å². The van der Waals surface area contributed by atoms with Crippen molar-refractivity contribution in [2.45, 2.75) is 76.0 Å². The zero-order chi connectivity index (χ0) is 34.5. The van der Waals surface area contributed by atoms with E-state index in [0.29, 0.717) is 29.7 Å².